The Hall–Kier alpha value is -2.03. The van der Waals surface area contributed by atoms with Gasteiger partial charge < -0.3 is 35.5 Å². The molecule has 0 unspecified atom stereocenters. The van der Waals surface area contributed by atoms with Crippen molar-refractivity contribution in [2.45, 2.75) is 45.3 Å². The zero-order valence-electron chi connectivity index (χ0n) is 17.9. The van der Waals surface area contributed by atoms with Gasteiger partial charge in [0.15, 0.2) is 11.5 Å². The van der Waals surface area contributed by atoms with Gasteiger partial charge in [-0.2, -0.15) is 0 Å². The average molecular weight is 413 g/mol. The lowest BCUT2D eigenvalue weighted by Crippen LogP contribution is -2.47. The summed E-state index contributed by atoms with van der Waals surface area (Å²) in [4.78, 5) is 11.1. The maximum absolute atomic E-state index is 11.1. The van der Waals surface area contributed by atoms with E-state index in [1.807, 2.05) is 18.2 Å². The minimum atomic E-state index is -1.17. The van der Waals surface area contributed by atoms with Gasteiger partial charge in [0.25, 0.3) is 0 Å². The van der Waals surface area contributed by atoms with Crippen LogP contribution in [0.1, 0.15) is 32.3 Å². The van der Waals surface area contributed by atoms with Crippen molar-refractivity contribution in [3.05, 3.63) is 23.8 Å². The van der Waals surface area contributed by atoms with Gasteiger partial charge in [0, 0.05) is 26.7 Å². The molecule has 0 aliphatic carbocycles. The molecule has 0 aromatic heterocycles. The van der Waals surface area contributed by atoms with E-state index in [2.05, 4.69) is 19.2 Å². The van der Waals surface area contributed by atoms with Crippen LogP contribution in [0.4, 0.5) is 4.79 Å². The molecule has 29 heavy (non-hydrogen) atoms. The van der Waals surface area contributed by atoms with Crippen molar-refractivity contribution in [3.8, 4) is 11.5 Å². The largest absolute Gasteiger partial charge is 0.493 e. The third kappa shape index (κ3) is 8.89. The first-order valence-corrected chi connectivity index (χ1v) is 9.98. The number of hydrogen-bond donors (Lipinski definition) is 4. The maximum Gasteiger partial charge on any atom is 0.404 e. The molecule has 0 bridgehead atoms. The number of methoxy groups -OCH3 is 2. The van der Waals surface area contributed by atoms with Crippen LogP contribution < -0.4 is 20.5 Å². The smallest absolute Gasteiger partial charge is 0.404 e. The summed E-state index contributed by atoms with van der Waals surface area (Å²) in [5.74, 6) is 1.76. The van der Waals surface area contributed by atoms with Gasteiger partial charge in [-0.25, -0.2) is 4.79 Å². The molecule has 0 aliphatic heterocycles. The Bertz CT molecular complexity index is 611. The second-order valence-corrected chi connectivity index (χ2v) is 7.48. The Morgan fingerprint density at radius 3 is 2.48 bits per heavy atom. The summed E-state index contributed by atoms with van der Waals surface area (Å²) < 4.78 is 16.3. The number of nitrogens with one attached hydrogen (secondary N) is 1. The fourth-order valence-corrected chi connectivity index (χ4v) is 3.20. The molecule has 0 fully saturated rings. The number of benzene rings is 1. The van der Waals surface area contributed by atoms with Gasteiger partial charge in [0.05, 0.1) is 25.9 Å². The molecule has 166 valence electrons. The first-order valence-electron chi connectivity index (χ1n) is 9.98. The predicted octanol–water partition coefficient (Wildman–Crippen LogP) is 2.27. The van der Waals surface area contributed by atoms with Gasteiger partial charge in [-0.15, -0.1) is 0 Å². The zero-order chi connectivity index (χ0) is 21.8. The number of aliphatic hydroxyl groups is 1. The molecule has 0 radical (unpaired) electrons. The van der Waals surface area contributed by atoms with Crippen molar-refractivity contribution in [2.24, 2.45) is 17.6 Å². The third-order valence-electron chi connectivity index (χ3n) is 4.99. The van der Waals surface area contributed by atoms with E-state index >= 15 is 0 Å². The van der Waals surface area contributed by atoms with Gasteiger partial charge in [0.1, 0.15) is 0 Å². The lowest BCUT2D eigenvalue weighted by Gasteiger charge is -2.29. The number of carboxylic acid groups (broad SMARTS) is 1. The van der Waals surface area contributed by atoms with Gasteiger partial charge in [0.2, 0.25) is 0 Å². The molecule has 0 heterocycles. The SMILES string of the molecule is COCCCOc1cc(C[C@@H](C[C@H](NC(=O)O)[C@@H](O)CN)C(C)C)ccc1OC. The lowest BCUT2D eigenvalue weighted by atomic mass is 9.83. The second-order valence-electron chi connectivity index (χ2n) is 7.48. The van der Waals surface area contributed by atoms with E-state index in [4.69, 9.17) is 25.1 Å². The van der Waals surface area contributed by atoms with Gasteiger partial charge in [-0.05, 0) is 42.4 Å². The van der Waals surface area contributed by atoms with Crippen LogP contribution in [0.25, 0.3) is 0 Å². The topological polar surface area (TPSA) is 123 Å². The number of aliphatic hydroxyl groups excluding tert-OH is 1. The molecule has 8 nitrogen and oxygen atoms in total. The molecule has 1 amide bonds. The maximum atomic E-state index is 11.1. The standard InChI is InChI=1S/C21H36N2O6/c1-14(2)16(12-17(18(24)13-22)23-21(25)26)10-15-6-7-19(28-4)20(11-15)29-9-5-8-27-3/h6-7,11,14,16-18,23-24H,5,8-10,12-13,22H2,1-4H3,(H,25,26)/t16-,17-,18-/m0/s1. The highest BCUT2D eigenvalue weighted by molar-refractivity contribution is 5.64. The van der Waals surface area contributed by atoms with Crippen LogP contribution in [0.3, 0.4) is 0 Å². The predicted molar refractivity (Wildman–Crippen MR) is 112 cm³/mol. The normalized spacial score (nSPS) is 14.3. The number of rotatable bonds is 14. The Balaban J connectivity index is 2.92. The molecule has 0 saturated carbocycles. The summed E-state index contributed by atoms with van der Waals surface area (Å²) in [6.45, 7) is 5.32. The molecule has 8 heteroatoms. The molecule has 5 N–H and O–H groups in total. The van der Waals surface area contributed by atoms with Gasteiger partial charge in [-0.3, -0.25) is 0 Å². The van der Waals surface area contributed by atoms with Crippen molar-refractivity contribution < 1.29 is 29.2 Å². The highest BCUT2D eigenvalue weighted by atomic mass is 16.5. The number of carbonyl (C=O) groups is 1. The van der Waals surface area contributed by atoms with Gasteiger partial charge in [-0.1, -0.05) is 19.9 Å². The minimum Gasteiger partial charge on any atom is -0.493 e. The lowest BCUT2D eigenvalue weighted by molar-refractivity contribution is 0.108. The second kappa shape index (κ2) is 13.2. The van der Waals surface area contributed by atoms with Crippen LogP contribution in [0.15, 0.2) is 18.2 Å². The summed E-state index contributed by atoms with van der Waals surface area (Å²) in [5.41, 5.74) is 6.61. The highest BCUT2D eigenvalue weighted by Crippen LogP contribution is 2.31. The number of nitrogens with two attached hydrogens (primary N) is 1. The van der Waals surface area contributed by atoms with Crippen molar-refractivity contribution in [3.63, 3.8) is 0 Å². The average Bonchev–Trinajstić information content (AvgIpc) is 2.69. The molecule has 0 aliphatic rings. The Morgan fingerprint density at radius 1 is 1.21 bits per heavy atom. The Kier molecular flexibility index (Phi) is 11.4. The van der Waals surface area contributed by atoms with E-state index in [1.165, 1.54) is 0 Å². The fraction of sp³-hybridized carbons (Fsp3) is 0.667. The summed E-state index contributed by atoms with van der Waals surface area (Å²) in [6.07, 6.45) is -0.120. The molecule has 1 rings (SSSR count). The van der Waals surface area contributed by atoms with Crippen molar-refractivity contribution in [1.29, 1.82) is 0 Å². The van der Waals surface area contributed by atoms with Crippen LogP contribution >= 0.6 is 0 Å². The van der Waals surface area contributed by atoms with Crippen molar-refractivity contribution in [2.75, 3.05) is 34.0 Å². The van der Waals surface area contributed by atoms with Crippen LogP contribution in [0, 0.1) is 11.8 Å². The third-order valence-corrected chi connectivity index (χ3v) is 4.99. The van der Waals surface area contributed by atoms with Crippen molar-refractivity contribution in [1.82, 2.24) is 5.32 Å². The van der Waals surface area contributed by atoms with E-state index in [0.29, 0.717) is 37.6 Å². The number of amides is 1. The van der Waals surface area contributed by atoms with E-state index < -0.39 is 18.2 Å². The van der Waals surface area contributed by atoms with Crippen molar-refractivity contribution >= 4 is 6.09 Å². The van der Waals surface area contributed by atoms with Gasteiger partial charge >= 0.3 is 6.09 Å². The van der Waals surface area contributed by atoms with E-state index in [9.17, 15) is 9.90 Å². The quantitative estimate of drug-likeness (QED) is 0.346. The molecule has 0 saturated heterocycles. The summed E-state index contributed by atoms with van der Waals surface area (Å²) in [6, 6.07) is 5.20. The highest BCUT2D eigenvalue weighted by Gasteiger charge is 2.26. The molecule has 0 spiro atoms. The first kappa shape index (κ1) is 25.0. The fourth-order valence-electron chi connectivity index (χ4n) is 3.20. The number of ether oxygens (including phenoxy) is 3. The molecular formula is C21H36N2O6. The summed E-state index contributed by atoms with van der Waals surface area (Å²) in [7, 11) is 3.26. The Morgan fingerprint density at radius 2 is 1.93 bits per heavy atom. The molecule has 1 aromatic rings. The monoisotopic (exact) mass is 412 g/mol. The van der Waals surface area contributed by atoms with E-state index in [1.54, 1.807) is 14.2 Å². The van der Waals surface area contributed by atoms with E-state index in [-0.39, 0.29) is 18.4 Å². The first-order chi connectivity index (χ1) is 13.8. The molecule has 3 atom stereocenters. The van der Waals surface area contributed by atoms with Crippen LogP contribution in [-0.4, -0.2) is 62.4 Å². The minimum absolute atomic E-state index is 0.00222. The van der Waals surface area contributed by atoms with Crippen LogP contribution in [-0.2, 0) is 11.2 Å². The number of hydrogen-bond acceptors (Lipinski definition) is 6. The van der Waals surface area contributed by atoms with Crippen LogP contribution in [0.5, 0.6) is 11.5 Å². The van der Waals surface area contributed by atoms with Crippen LogP contribution in [0.2, 0.25) is 0 Å². The molecular weight excluding hydrogens is 376 g/mol. The Labute approximate surface area is 173 Å². The van der Waals surface area contributed by atoms with E-state index in [0.717, 1.165) is 12.0 Å². The summed E-state index contributed by atoms with van der Waals surface area (Å²) >= 11 is 0. The molecule has 1 aromatic carbocycles. The zero-order valence-corrected chi connectivity index (χ0v) is 17.9. The summed E-state index contributed by atoms with van der Waals surface area (Å²) in [5, 5.41) is 21.6.